The van der Waals surface area contributed by atoms with Crippen LogP contribution in [-0.4, -0.2) is 4.57 Å². The fraction of sp³-hybridized carbons (Fsp3) is 0.0263. The largest absolute Gasteiger partial charge is 0.315 e. The molecule has 0 saturated heterocycles. The lowest BCUT2D eigenvalue weighted by Gasteiger charge is -2.26. The molecule has 0 aliphatic heterocycles. The number of nitrogens with zero attached hydrogens (tertiary/aromatic N) is 3. The molecule has 0 aliphatic rings. The fourth-order valence-electron chi connectivity index (χ4n) is 11.3. The Balaban J connectivity index is 0.000000250. The average Bonchev–Trinajstić information content (AvgIpc) is 4.09. The van der Waals surface area contributed by atoms with Gasteiger partial charge in [0, 0.05) is 50.6 Å². The van der Waals surface area contributed by atoms with Crippen LogP contribution < -0.4 is 9.80 Å². The van der Waals surface area contributed by atoms with Crippen LogP contribution in [0.3, 0.4) is 0 Å². The van der Waals surface area contributed by atoms with Crippen LogP contribution in [0.5, 0.6) is 0 Å². The highest BCUT2D eigenvalue weighted by molar-refractivity contribution is 6.21. The Kier molecular flexibility index (Phi) is 13.9. The second kappa shape index (κ2) is 22.2. The fourth-order valence-corrected chi connectivity index (χ4v) is 11.3. The van der Waals surface area contributed by atoms with E-state index >= 15 is 0 Å². The molecule has 0 bridgehead atoms. The van der Waals surface area contributed by atoms with Crippen molar-refractivity contribution in [3.63, 3.8) is 0 Å². The van der Waals surface area contributed by atoms with Crippen molar-refractivity contribution in [3.8, 4) is 39.1 Å². The monoisotopic (exact) mass is 1010 g/mol. The van der Waals surface area contributed by atoms with Crippen molar-refractivity contribution >= 4 is 77.4 Å². The third kappa shape index (κ3) is 9.71. The summed E-state index contributed by atoms with van der Waals surface area (Å²) in [6.45, 7) is 12.0. The zero-order chi connectivity index (χ0) is 53.7. The molecule has 1 aromatic heterocycles. The van der Waals surface area contributed by atoms with E-state index in [0.717, 1.165) is 39.7 Å². The number of para-hydroxylation sites is 4. The number of benzene rings is 12. The summed E-state index contributed by atoms with van der Waals surface area (Å²) < 4.78 is 2.37. The van der Waals surface area contributed by atoms with Crippen molar-refractivity contribution in [1.82, 2.24) is 4.57 Å². The third-order valence-corrected chi connectivity index (χ3v) is 15.0. The molecule has 13 aromatic rings. The van der Waals surface area contributed by atoms with E-state index in [2.05, 4.69) is 301 Å². The molecule has 0 saturated carbocycles. The van der Waals surface area contributed by atoms with Gasteiger partial charge in [0.25, 0.3) is 0 Å². The Morgan fingerprint density at radius 1 is 0.367 bits per heavy atom. The molecule has 0 N–H and O–H groups in total. The molecule has 378 valence electrons. The summed E-state index contributed by atoms with van der Waals surface area (Å²) in [7, 11) is 0. The zero-order valence-electron chi connectivity index (χ0n) is 44.5. The van der Waals surface area contributed by atoms with Crippen molar-refractivity contribution in [2.24, 2.45) is 0 Å². The number of aromatic nitrogens is 1. The quantitative estimate of drug-likeness (QED) is 0.0892. The highest BCUT2D eigenvalue weighted by atomic mass is 15.1. The maximum Gasteiger partial charge on any atom is 0.0541 e. The summed E-state index contributed by atoms with van der Waals surface area (Å²) in [6, 6.07) is 102. The van der Waals surface area contributed by atoms with E-state index in [4.69, 9.17) is 0 Å². The van der Waals surface area contributed by atoms with Gasteiger partial charge in [-0.25, -0.2) is 0 Å². The summed E-state index contributed by atoms with van der Waals surface area (Å²) >= 11 is 0. The first-order chi connectivity index (χ1) is 39.0. The van der Waals surface area contributed by atoms with Gasteiger partial charge in [0.05, 0.1) is 11.0 Å². The summed E-state index contributed by atoms with van der Waals surface area (Å²) in [5.41, 5.74) is 19.8. The molecule has 0 unspecified atom stereocenters. The summed E-state index contributed by atoms with van der Waals surface area (Å²) in [6.07, 6.45) is 3.94. The minimum Gasteiger partial charge on any atom is -0.315 e. The lowest BCUT2D eigenvalue weighted by molar-refractivity contribution is 1.17. The second-order valence-electron chi connectivity index (χ2n) is 19.8. The topological polar surface area (TPSA) is 11.4 Å². The SMILES string of the molecule is C=C/C(=C\C)c1ccc(N(C(=C)C)c2ccccc2)cc1.c1ccc(-c2c3ccccc3c(-c3ccc(N(c4ccccc4)c4ccc(-c5ccc6c(c5)c5ccccc5n6-c5ccccc5)cc4)cc3)c3ccccc23)cc1. The lowest BCUT2D eigenvalue weighted by atomic mass is 9.86. The summed E-state index contributed by atoms with van der Waals surface area (Å²) in [5.74, 6) is 0. The molecule has 0 atom stereocenters. The minimum atomic E-state index is 0.990. The molecular weight excluding hydrogens is 955 g/mol. The number of hydrogen-bond acceptors (Lipinski definition) is 2. The highest BCUT2D eigenvalue weighted by Gasteiger charge is 2.19. The first kappa shape index (κ1) is 49.6. The van der Waals surface area contributed by atoms with Crippen LogP contribution in [-0.2, 0) is 0 Å². The molecule has 3 heteroatoms. The van der Waals surface area contributed by atoms with Crippen LogP contribution in [0.2, 0.25) is 0 Å². The van der Waals surface area contributed by atoms with Gasteiger partial charge in [0.15, 0.2) is 0 Å². The Morgan fingerprint density at radius 2 is 0.759 bits per heavy atom. The van der Waals surface area contributed by atoms with Gasteiger partial charge in [-0.05, 0) is 171 Å². The Hall–Kier alpha value is -10.2. The molecule has 0 amide bonds. The third-order valence-electron chi connectivity index (χ3n) is 15.0. The molecule has 79 heavy (non-hydrogen) atoms. The molecule has 12 aromatic carbocycles. The second-order valence-corrected chi connectivity index (χ2v) is 19.8. The van der Waals surface area contributed by atoms with Crippen LogP contribution in [0.4, 0.5) is 28.4 Å². The van der Waals surface area contributed by atoms with Crippen LogP contribution in [0.1, 0.15) is 19.4 Å². The van der Waals surface area contributed by atoms with Crippen LogP contribution in [0.15, 0.2) is 316 Å². The van der Waals surface area contributed by atoms with Crippen molar-refractivity contribution in [3.05, 3.63) is 322 Å². The number of allylic oxidation sites excluding steroid dienone is 4. The van der Waals surface area contributed by atoms with Crippen LogP contribution in [0.25, 0.3) is 88.0 Å². The Bertz CT molecular complexity index is 4250. The van der Waals surface area contributed by atoms with Gasteiger partial charge in [0.1, 0.15) is 0 Å². The van der Waals surface area contributed by atoms with Crippen molar-refractivity contribution in [2.45, 2.75) is 13.8 Å². The van der Waals surface area contributed by atoms with Gasteiger partial charge in [-0.3, -0.25) is 0 Å². The number of rotatable bonds is 12. The minimum absolute atomic E-state index is 0.990. The van der Waals surface area contributed by atoms with E-state index in [1.54, 1.807) is 0 Å². The van der Waals surface area contributed by atoms with Crippen LogP contribution in [0, 0.1) is 0 Å². The first-order valence-electron chi connectivity index (χ1n) is 27.0. The van der Waals surface area contributed by atoms with Gasteiger partial charge in [0.2, 0.25) is 0 Å². The summed E-state index contributed by atoms with van der Waals surface area (Å²) in [5, 5.41) is 7.54. The standard InChI is InChI=1S/C56H38N2.C20H21N/c1-4-16-40(17-5-1)55-48-23-10-12-25-50(48)56(51-26-13-11-24-49(51)55)41-30-35-46(36-31-41)57(43-18-6-2-7-19-43)45-33-28-39(29-34-45)42-32-37-54-52(38-42)47-22-14-15-27-53(47)58(54)44-20-8-3-9-21-44;1-5-17(6-2)18-12-14-20(15-13-18)21(16(3)4)19-10-8-7-9-11-19/h1-38H;5-15H,1,3H2,2,4H3/b;17-6+. The molecule has 13 rings (SSSR count). The predicted octanol–water partition coefficient (Wildman–Crippen LogP) is 21.5. The van der Waals surface area contributed by atoms with Crippen molar-refractivity contribution in [2.75, 3.05) is 9.80 Å². The number of hydrogen-bond donors (Lipinski definition) is 0. The van der Waals surface area contributed by atoms with Crippen molar-refractivity contribution < 1.29 is 0 Å². The number of anilines is 5. The smallest absolute Gasteiger partial charge is 0.0541 e. The van der Waals surface area contributed by atoms with Gasteiger partial charge in [-0.15, -0.1) is 0 Å². The molecular formula is C76H59N3. The Labute approximate surface area is 463 Å². The maximum atomic E-state index is 4.10. The van der Waals surface area contributed by atoms with E-state index < -0.39 is 0 Å². The van der Waals surface area contributed by atoms with Crippen molar-refractivity contribution in [1.29, 1.82) is 0 Å². The molecule has 0 radical (unpaired) electrons. The zero-order valence-corrected chi connectivity index (χ0v) is 44.5. The molecule has 1 heterocycles. The highest BCUT2D eigenvalue weighted by Crippen LogP contribution is 2.45. The molecule has 3 nitrogen and oxygen atoms in total. The Morgan fingerprint density at radius 3 is 1.28 bits per heavy atom. The van der Waals surface area contributed by atoms with Gasteiger partial charge >= 0.3 is 0 Å². The normalized spacial score (nSPS) is 11.3. The summed E-state index contributed by atoms with van der Waals surface area (Å²) in [4.78, 5) is 4.49. The van der Waals surface area contributed by atoms with E-state index in [1.807, 2.05) is 38.1 Å². The molecule has 0 aliphatic carbocycles. The van der Waals surface area contributed by atoms with Crippen LogP contribution >= 0.6 is 0 Å². The van der Waals surface area contributed by atoms with E-state index in [1.165, 1.54) is 88.0 Å². The average molecular weight is 1010 g/mol. The lowest BCUT2D eigenvalue weighted by Crippen LogP contribution is -2.13. The number of fused-ring (bicyclic) bond motifs is 5. The van der Waals surface area contributed by atoms with E-state index in [0.29, 0.717) is 0 Å². The molecule has 0 fully saturated rings. The van der Waals surface area contributed by atoms with E-state index in [9.17, 15) is 0 Å². The maximum absolute atomic E-state index is 4.10. The molecule has 0 spiro atoms. The van der Waals surface area contributed by atoms with Gasteiger partial charge < -0.3 is 14.4 Å². The first-order valence-corrected chi connectivity index (χ1v) is 27.0. The van der Waals surface area contributed by atoms with Gasteiger partial charge in [-0.1, -0.05) is 219 Å². The van der Waals surface area contributed by atoms with E-state index in [-0.39, 0.29) is 0 Å². The van der Waals surface area contributed by atoms with Gasteiger partial charge in [-0.2, -0.15) is 0 Å². The predicted molar refractivity (Wildman–Crippen MR) is 340 cm³/mol.